The summed E-state index contributed by atoms with van der Waals surface area (Å²) in [5, 5.41) is 6.65. The summed E-state index contributed by atoms with van der Waals surface area (Å²) in [7, 11) is 3.49. The first kappa shape index (κ1) is 20.4. The van der Waals surface area contributed by atoms with Gasteiger partial charge in [0.2, 0.25) is 0 Å². The van der Waals surface area contributed by atoms with E-state index in [9.17, 15) is 0 Å². The smallest absolute Gasteiger partial charge is 0.191 e. The monoisotopic (exact) mass is 439 g/mol. The Kier molecular flexibility index (Phi) is 9.41. The second-order valence-corrected chi connectivity index (χ2v) is 5.51. The fourth-order valence-electron chi connectivity index (χ4n) is 2.22. The van der Waals surface area contributed by atoms with E-state index in [0.717, 1.165) is 19.0 Å². The number of guanidine groups is 1. The fourth-order valence-corrected chi connectivity index (χ4v) is 2.22. The Hall–Kier alpha value is -1.60. The van der Waals surface area contributed by atoms with Crippen molar-refractivity contribution < 1.29 is 4.74 Å². The Bertz CT molecular complexity index is 624. The third-order valence-electron chi connectivity index (χ3n) is 3.60. The Morgan fingerprint density at radius 1 is 0.875 bits per heavy atom. The van der Waals surface area contributed by atoms with Gasteiger partial charge in [-0.05, 0) is 23.6 Å². The minimum Gasteiger partial charge on any atom is -0.380 e. The number of hydrogen-bond donors (Lipinski definition) is 2. The molecule has 0 saturated carbocycles. The zero-order chi connectivity index (χ0) is 16.5. The molecule has 0 aromatic heterocycles. The third-order valence-corrected chi connectivity index (χ3v) is 3.60. The van der Waals surface area contributed by atoms with Crippen molar-refractivity contribution >= 4 is 29.9 Å². The molecule has 0 spiro atoms. The molecule has 0 heterocycles. The van der Waals surface area contributed by atoms with Crippen molar-refractivity contribution in [2.45, 2.75) is 26.6 Å². The molecular weight excluding hydrogens is 413 g/mol. The van der Waals surface area contributed by atoms with Crippen LogP contribution in [0.15, 0.2) is 53.5 Å². The number of halogens is 1. The van der Waals surface area contributed by atoms with Crippen molar-refractivity contribution in [1.82, 2.24) is 10.6 Å². The first-order valence-electron chi connectivity index (χ1n) is 7.78. The average Bonchev–Trinajstić information content (AvgIpc) is 2.58. The van der Waals surface area contributed by atoms with E-state index in [0.29, 0.717) is 6.61 Å². The second-order valence-electron chi connectivity index (χ2n) is 5.51. The van der Waals surface area contributed by atoms with Crippen molar-refractivity contribution in [1.29, 1.82) is 0 Å². The van der Waals surface area contributed by atoms with Gasteiger partial charge in [0.1, 0.15) is 0 Å². The molecule has 2 rings (SSSR count). The first-order valence-corrected chi connectivity index (χ1v) is 7.78. The van der Waals surface area contributed by atoms with Crippen LogP contribution in [0.5, 0.6) is 0 Å². The molecule has 0 radical (unpaired) electrons. The van der Waals surface area contributed by atoms with E-state index in [1.807, 2.05) is 0 Å². The maximum atomic E-state index is 5.12. The molecule has 0 bridgehead atoms. The molecule has 0 amide bonds. The molecule has 0 atom stereocenters. The lowest BCUT2D eigenvalue weighted by atomic mass is 10.1. The SMILES string of the molecule is CN=C(NCc1ccc(C)cc1)NCc1ccc(COC)cc1.I. The molecule has 24 heavy (non-hydrogen) atoms. The number of nitrogens with zero attached hydrogens (tertiary/aromatic N) is 1. The third kappa shape index (κ3) is 6.88. The van der Waals surface area contributed by atoms with E-state index in [1.54, 1.807) is 14.2 Å². The van der Waals surface area contributed by atoms with E-state index < -0.39 is 0 Å². The Morgan fingerprint density at radius 2 is 1.33 bits per heavy atom. The molecular formula is C19H26IN3O. The lowest BCUT2D eigenvalue weighted by Crippen LogP contribution is -2.36. The van der Waals surface area contributed by atoms with Gasteiger partial charge in [-0.3, -0.25) is 4.99 Å². The molecule has 2 aromatic rings. The summed E-state index contributed by atoms with van der Waals surface area (Å²) in [6.07, 6.45) is 0. The lowest BCUT2D eigenvalue weighted by molar-refractivity contribution is 0.185. The molecule has 5 heteroatoms. The van der Waals surface area contributed by atoms with Gasteiger partial charge in [-0.1, -0.05) is 54.1 Å². The van der Waals surface area contributed by atoms with Crippen LogP contribution in [0.1, 0.15) is 22.3 Å². The molecule has 0 unspecified atom stereocenters. The predicted octanol–water partition coefficient (Wildman–Crippen LogP) is 3.62. The van der Waals surface area contributed by atoms with Gasteiger partial charge in [0.05, 0.1) is 6.61 Å². The van der Waals surface area contributed by atoms with Crippen molar-refractivity contribution in [3.05, 3.63) is 70.8 Å². The summed E-state index contributed by atoms with van der Waals surface area (Å²) < 4.78 is 5.12. The zero-order valence-corrected chi connectivity index (χ0v) is 16.8. The van der Waals surface area contributed by atoms with Crippen LogP contribution in [0.4, 0.5) is 0 Å². The average molecular weight is 439 g/mol. The van der Waals surface area contributed by atoms with E-state index in [-0.39, 0.29) is 24.0 Å². The summed E-state index contributed by atoms with van der Waals surface area (Å²) in [5.74, 6) is 0.798. The number of benzene rings is 2. The van der Waals surface area contributed by atoms with E-state index in [1.165, 1.54) is 22.3 Å². The van der Waals surface area contributed by atoms with E-state index >= 15 is 0 Å². The van der Waals surface area contributed by atoms with Gasteiger partial charge in [-0.2, -0.15) is 0 Å². The van der Waals surface area contributed by atoms with E-state index in [4.69, 9.17) is 4.74 Å². The minimum atomic E-state index is 0. The summed E-state index contributed by atoms with van der Waals surface area (Å²) in [5.41, 5.74) is 4.90. The van der Waals surface area contributed by atoms with Crippen LogP contribution < -0.4 is 10.6 Å². The van der Waals surface area contributed by atoms with Crippen LogP contribution in [0, 0.1) is 6.92 Å². The lowest BCUT2D eigenvalue weighted by Gasteiger charge is -2.12. The van der Waals surface area contributed by atoms with Gasteiger partial charge in [-0.15, -0.1) is 24.0 Å². The van der Waals surface area contributed by atoms with Crippen molar-refractivity contribution in [2.24, 2.45) is 4.99 Å². The molecule has 0 fully saturated rings. The largest absolute Gasteiger partial charge is 0.380 e. The molecule has 2 aromatic carbocycles. The number of aryl methyl sites for hydroxylation is 1. The van der Waals surface area contributed by atoms with Crippen LogP contribution in [0.3, 0.4) is 0 Å². The summed E-state index contributed by atoms with van der Waals surface area (Å²) in [6.45, 7) is 4.23. The maximum Gasteiger partial charge on any atom is 0.191 e. The summed E-state index contributed by atoms with van der Waals surface area (Å²) >= 11 is 0. The van der Waals surface area contributed by atoms with Gasteiger partial charge < -0.3 is 15.4 Å². The van der Waals surface area contributed by atoms with Gasteiger partial charge >= 0.3 is 0 Å². The highest BCUT2D eigenvalue weighted by atomic mass is 127. The number of rotatable bonds is 6. The normalized spacial score (nSPS) is 10.9. The summed E-state index contributed by atoms with van der Waals surface area (Å²) in [6, 6.07) is 16.9. The van der Waals surface area contributed by atoms with Crippen molar-refractivity contribution in [3.8, 4) is 0 Å². The van der Waals surface area contributed by atoms with Crippen LogP contribution in [-0.4, -0.2) is 20.1 Å². The molecule has 2 N–H and O–H groups in total. The number of hydrogen-bond acceptors (Lipinski definition) is 2. The topological polar surface area (TPSA) is 45.7 Å². The Labute approximate surface area is 161 Å². The van der Waals surface area contributed by atoms with Crippen LogP contribution in [-0.2, 0) is 24.4 Å². The quantitative estimate of drug-likeness (QED) is 0.411. The standard InChI is InChI=1S/C19H25N3O.HI/c1-15-4-6-16(7-5-15)12-21-19(20-2)22-13-17-8-10-18(11-9-17)14-23-3;/h4-11H,12-14H2,1-3H3,(H2,20,21,22);1H. The Morgan fingerprint density at radius 3 is 1.79 bits per heavy atom. The molecule has 0 saturated heterocycles. The highest BCUT2D eigenvalue weighted by molar-refractivity contribution is 14.0. The predicted molar refractivity (Wildman–Crippen MR) is 111 cm³/mol. The second kappa shape index (κ2) is 11.0. The Balaban J connectivity index is 0.00000288. The first-order chi connectivity index (χ1) is 11.2. The van der Waals surface area contributed by atoms with Crippen molar-refractivity contribution in [3.63, 3.8) is 0 Å². The number of aliphatic imine (C=N–C) groups is 1. The van der Waals surface area contributed by atoms with Gasteiger partial charge in [0, 0.05) is 27.2 Å². The van der Waals surface area contributed by atoms with E-state index in [2.05, 4.69) is 71.1 Å². The van der Waals surface area contributed by atoms with Crippen LogP contribution in [0.2, 0.25) is 0 Å². The molecule has 0 aliphatic rings. The van der Waals surface area contributed by atoms with Crippen molar-refractivity contribution in [2.75, 3.05) is 14.2 Å². The molecule has 4 nitrogen and oxygen atoms in total. The molecule has 130 valence electrons. The van der Waals surface area contributed by atoms with Crippen LogP contribution in [0.25, 0.3) is 0 Å². The summed E-state index contributed by atoms with van der Waals surface area (Å²) in [4.78, 5) is 4.26. The van der Waals surface area contributed by atoms with Gasteiger partial charge in [0.15, 0.2) is 5.96 Å². The molecule has 0 aliphatic heterocycles. The molecule has 0 aliphatic carbocycles. The maximum absolute atomic E-state index is 5.12. The van der Waals surface area contributed by atoms with Gasteiger partial charge in [-0.25, -0.2) is 0 Å². The highest BCUT2D eigenvalue weighted by Crippen LogP contribution is 2.05. The van der Waals surface area contributed by atoms with Gasteiger partial charge in [0.25, 0.3) is 0 Å². The van der Waals surface area contributed by atoms with Crippen LogP contribution >= 0.6 is 24.0 Å². The number of ether oxygens (including phenoxy) is 1. The fraction of sp³-hybridized carbons (Fsp3) is 0.316. The highest BCUT2D eigenvalue weighted by Gasteiger charge is 2.00. The minimum absolute atomic E-state index is 0. The number of nitrogens with one attached hydrogen (secondary N) is 2. The number of methoxy groups -OCH3 is 1. The zero-order valence-electron chi connectivity index (χ0n) is 14.5.